The van der Waals surface area contributed by atoms with Crippen LogP contribution in [0.5, 0.6) is 0 Å². The van der Waals surface area contributed by atoms with E-state index < -0.39 is 54.2 Å². The van der Waals surface area contributed by atoms with E-state index in [0.29, 0.717) is 19.1 Å². The first kappa shape index (κ1) is 8.28. The lowest BCUT2D eigenvalue weighted by Gasteiger charge is -2.18. The quantitative estimate of drug-likeness (QED) is 0.852. The van der Waals surface area contributed by atoms with Gasteiger partial charge in [-0.1, -0.05) is 0 Å². The van der Waals surface area contributed by atoms with Crippen LogP contribution in [0.4, 0.5) is 23.7 Å². The van der Waals surface area contributed by atoms with E-state index in [2.05, 4.69) is 0 Å². The standard InChI is InChI=1S/C13H13F3N2O2/c1-12(2)10(19)18(11(20)17-12)7-4-5-9(14)8(6-7)13(3,15)16/h4-6H,1-3H3,(H,17,20)/i1D3,2D3. The van der Waals surface area contributed by atoms with E-state index >= 15 is 0 Å². The van der Waals surface area contributed by atoms with Gasteiger partial charge < -0.3 is 5.32 Å². The van der Waals surface area contributed by atoms with Crippen LogP contribution in [0.2, 0.25) is 0 Å². The van der Waals surface area contributed by atoms with Gasteiger partial charge in [0, 0.05) is 15.1 Å². The fourth-order valence-electron chi connectivity index (χ4n) is 1.75. The average molecular weight is 292 g/mol. The Bertz CT molecular complexity index is 759. The van der Waals surface area contributed by atoms with E-state index in [1.165, 1.54) is 0 Å². The minimum Gasteiger partial charge on any atom is -0.323 e. The molecule has 1 aromatic carbocycles. The summed E-state index contributed by atoms with van der Waals surface area (Å²) in [5.41, 5.74) is -4.97. The molecule has 20 heavy (non-hydrogen) atoms. The highest BCUT2D eigenvalue weighted by molar-refractivity contribution is 6.23. The third-order valence-corrected chi connectivity index (χ3v) is 2.70. The molecule has 1 saturated heterocycles. The van der Waals surface area contributed by atoms with E-state index in [1.54, 1.807) is 5.32 Å². The molecule has 1 aliphatic rings. The molecule has 2 rings (SSSR count). The first-order valence-electron chi connectivity index (χ1n) is 8.38. The highest BCUT2D eigenvalue weighted by Crippen LogP contribution is 2.33. The van der Waals surface area contributed by atoms with Gasteiger partial charge in [-0.05, 0) is 31.9 Å². The van der Waals surface area contributed by atoms with Crippen molar-refractivity contribution in [3.05, 3.63) is 29.6 Å². The van der Waals surface area contributed by atoms with Crippen molar-refractivity contribution >= 4 is 17.6 Å². The van der Waals surface area contributed by atoms with Gasteiger partial charge in [0.2, 0.25) is 0 Å². The highest BCUT2D eigenvalue weighted by atomic mass is 19.3. The van der Waals surface area contributed by atoms with Crippen molar-refractivity contribution in [3.63, 3.8) is 0 Å². The summed E-state index contributed by atoms with van der Waals surface area (Å²) < 4.78 is 85.1. The number of hydrogen-bond acceptors (Lipinski definition) is 2. The monoisotopic (exact) mass is 292 g/mol. The Kier molecular flexibility index (Phi) is 1.75. The van der Waals surface area contributed by atoms with E-state index in [-0.39, 0.29) is 4.90 Å². The third kappa shape index (κ3) is 2.23. The molecule has 7 heteroatoms. The zero-order chi connectivity index (χ0) is 20.3. The lowest BCUT2D eigenvalue weighted by atomic mass is 10.1. The maximum Gasteiger partial charge on any atom is 0.329 e. The van der Waals surface area contributed by atoms with Gasteiger partial charge in [-0.2, -0.15) is 0 Å². The first-order valence-corrected chi connectivity index (χ1v) is 5.38. The fourth-order valence-corrected chi connectivity index (χ4v) is 1.75. The van der Waals surface area contributed by atoms with Crippen LogP contribution in [-0.2, 0) is 10.7 Å². The van der Waals surface area contributed by atoms with Crippen LogP contribution >= 0.6 is 0 Å². The van der Waals surface area contributed by atoms with Gasteiger partial charge in [0.15, 0.2) is 0 Å². The highest BCUT2D eigenvalue weighted by Gasteiger charge is 2.45. The van der Waals surface area contributed by atoms with Gasteiger partial charge in [0.1, 0.15) is 11.4 Å². The maximum absolute atomic E-state index is 13.6. The number of benzene rings is 1. The molecule has 0 aliphatic carbocycles. The number of hydrogen-bond donors (Lipinski definition) is 1. The summed E-state index contributed by atoms with van der Waals surface area (Å²) in [5, 5.41) is 1.65. The molecule has 0 aromatic heterocycles. The van der Waals surface area contributed by atoms with Crippen molar-refractivity contribution in [1.82, 2.24) is 5.32 Å². The van der Waals surface area contributed by atoms with Crippen LogP contribution in [0.15, 0.2) is 18.2 Å². The van der Waals surface area contributed by atoms with Crippen molar-refractivity contribution in [3.8, 4) is 0 Å². The van der Waals surface area contributed by atoms with Gasteiger partial charge in [-0.25, -0.2) is 22.9 Å². The van der Waals surface area contributed by atoms with Crippen molar-refractivity contribution in [2.45, 2.75) is 32.1 Å². The summed E-state index contributed by atoms with van der Waals surface area (Å²) in [6.45, 7) is -6.54. The molecule has 1 aliphatic heterocycles. The predicted octanol–water partition coefficient (Wildman–Crippen LogP) is 2.77. The Morgan fingerprint density at radius 3 is 2.50 bits per heavy atom. The number of carbonyl (C=O) groups is 2. The number of rotatable bonds is 2. The molecule has 1 N–H and O–H groups in total. The van der Waals surface area contributed by atoms with Crippen molar-refractivity contribution < 1.29 is 31.0 Å². The first-order chi connectivity index (χ1) is 11.5. The van der Waals surface area contributed by atoms with Crippen molar-refractivity contribution in [1.29, 1.82) is 0 Å². The summed E-state index contributed by atoms with van der Waals surface area (Å²) in [6.07, 6.45) is 0. The molecular formula is C13H13F3N2O2. The molecule has 0 atom stereocenters. The van der Waals surface area contributed by atoms with E-state index in [9.17, 15) is 22.8 Å². The number of amides is 3. The lowest BCUT2D eigenvalue weighted by molar-refractivity contribution is -0.121. The van der Waals surface area contributed by atoms with Crippen LogP contribution < -0.4 is 10.2 Å². The van der Waals surface area contributed by atoms with Gasteiger partial charge in [0.25, 0.3) is 11.8 Å². The topological polar surface area (TPSA) is 49.4 Å². The summed E-state index contributed by atoms with van der Waals surface area (Å²) in [5.74, 6) is -6.64. The minimum absolute atomic E-state index is 0.105. The SMILES string of the molecule is [2H]C([2H])([2H])C1(C([2H])([2H])[2H])NC(=O)N(c2ccc(F)c(C(C)(F)F)c2)C1=O. The van der Waals surface area contributed by atoms with E-state index in [0.717, 1.165) is 6.07 Å². The van der Waals surface area contributed by atoms with Crippen LogP contribution in [-0.4, -0.2) is 17.5 Å². The Labute approximate surface area is 122 Å². The van der Waals surface area contributed by atoms with E-state index in [4.69, 9.17) is 8.22 Å². The molecule has 0 bridgehead atoms. The van der Waals surface area contributed by atoms with Crippen LogP contribution in [0.1, 0.15) is 34.4 Å². The number of nitrogens with one attached hydrogen (secondary N) is 1. The second-order valence-electron chi connectivity index (χ2n) is 4.37. The Balaban J connectivity index is 2.64. The molecule has 4 nitrogen and oxygen atoms in total. The summed E-state index contributed by atoms with van der Waals surface area (Å²) in [4.78, 5) is 24.9. The number of anilines is 1. The fraction of sp³-hybridized carbons (Fsp3) is 0.385. The third-order valence-electron chi connectivity index (χ3n) is 2.70. The average Bonchev–Trinajstić information content (AvgIpc) is 2.70. The molecule has 108 valence electrons. The maximum atomic E-state index is 13.6. The predicted molar refractivity (Wildman–Crippen MR) is 66.1 cm³/mol. The molecule has 1 fully saturated rings. The van der Waals surface area contributed by atoms with Gasteiger partial charge in [-0.15, -0.1) is 0 Å². The molecule has 1 aromatic rings. The largest absolute Gasteiger partial charge is 0.329 e. The lowest BCUT2D eigenvalue weighted by Crippen LogP contribution is -2.40. The van der Waals surface area contributed by atoms with Crippen LogP contribution in [0.3, 0.4) is 0 Å². The number of carbonyl (C=O) groups excluding carboxylic acids is 2. The molecule has 0 saturated carbocycles. The van der Waals surface area contributed by atoms with Gasteiger partial charge in [-0.3, -0.25) is 4.79 Å². The Hall–Kier alpha value is -2.05. The number of halogens is 3. The smallest absolute Gasteiger partial charge is 0.323 e. The van der Waals surface area contributed by atoms with Crippen molar-refractivity contribution in [2.24, 2.45) is 0 Å². The molecule has 0 radical (unpaired) electrons. The number of alkyl halides is 2. The van der Waals surface area contributed by atoms with Crippen LogP contribution in [0.25, 0.3) is 0 Å². The normalized spacial score (nSPS) is 24.1. The molecule has 0 spiro atoms. The second kappa shape index (κ2) is 4.22. The van der Waals surface area contributed by atoms with Crippen molar-refractivity contribution in [2.75, 3.05) is 4.90 Å². The Morgan fingerprint density at radius 2 is 2.00 bits per heavy atom. The zero-order valence-corrected chi connectivity index (χ0v) is 10.1. The number of imide groups is 1. The zero-order valence-electron chi connectivity index (χ0n) is 16.1. The number of urea groups is 1. The van der Waals surface area contributed by atoms with Crippen LogP contribution in [0, 0.1) is 5.82 Å². The van der Waals surface area contributed by atoms with E-state index in [1.807, 2.05) is 0 Å². The summed E-state index contributed by atoms with van der Waals surface area (Å²) in [6, 6.07) is 0.408. The van der Waals surface area contributed by atoms with Gasteiger partial charge >= 0.3 is 6.03 Å². The second-order valence-corrected chi connectivity index (χ2v) is 4.37. The summed E-state index contributed by atoms with van der Waals surface area (Å²) >= 11 is 0. The number of nitrogens with zero attached hydrogens (tertiary/aromatic N) is 1. The Morgan fingerprint density at radius 1 is 1.35 bits per heavy atom. The summed E-state index contributed by atoms with van der Waals surface area (Å²) in [7, 11) is 0. The minimum atomic E-state index is -3.66. The molecule has 0 unspecified atom stereocenters. The molecule has 3 amide bonds. The molecular weight excluding hydrogens is 273 g/mol. The molecule has 1 heterocycles. The van der Waals surface area contributed by atoms with Gasteiger partial charge in [0.05, 0.1) is 11.3 Å².